The molecule has 0 spiro atoms. The molecule has 0 aromatic heterocycles. The number of hydrazone groups is 1. The van der Waals surface area contributed by atoms with Crippen LogP contribution in [0, 0.1) is 11.3 Å². The summed E-state index contributed by atoms with van der Waals surface area (Å²) in [7, 11) is 0. The number of carbonyl (C=O) groups excluding carboxylic acids is 1. The van der Waals surface area contributed by atoms with Crippen LogP contribution in [0.25, 0.3) is 0 Å². The molecule has 1 heterocycles. The number of nitriles is 1. The lowest BCUT2D eigenvalue weighted by Crippen LogP contribution is -2.46. The quantitative estimate of drug-likeness (QED) is 0.653. The Hall–Kier alpha value is -2.47. The third-order valence-electron chi connectivity index (χ3n) is 3.32. The number of hydrogen-bond donors (Lipinski definition) is 2. The van der Waals surface area contributed by atoms with Gasteiger partial charge in [0.1, 0.15) is 16.2 Å². The molecule has 1 aromatic rings. The first-order valence-electron chi connectivity index (χ1n) is 6.41. The normalized spacial score (nSPS) is 20.2. The zero-order valence-corrected chi connectivity index (χ0v) is 12.7. The third-order valence-corrected chi connectivity index (χ3v) is 3.87. The van der Waals surface area contributed by atoms with Crippen LogP contribution >= 0.6 is 12.2 Å². The number of halogens is 3. The average Bonchev–Trinajstić information content (AvgIpc) is 2.89. The summed E-state index contributed by atoms with van der Waals surface area (Å²) in [5.74, 6) is 0. The topological polar surface area (TPSA) is 77.3 Å². The molecule has 0 aliphatic carbocycles. The number of anilines is 1. The summed E-state index contributed by atoms with van der Waals surface area (Å²) in [6.07, 6.45) is -3.83. The van der Waals surface area contributed by atoms with Gasteiger partial charge in [-0.3, -0.25) is 10.2 Å². The van der Waals surface area contributed by atoms with Crippen LogP contribution in [0.1, 0.15) is 24.5 Å². The Balaban J connectivity index is 2.23. The molecule has 1 aliphatic rings. The summed E-state index contributed by atoms with van der Waals surface area (Å²) < 4.78 is 38.8. The van der Waals surface area contributed by atoms with Gasteiger partial charge in [-0.05, 0) is 25.1 Å². The highest BCUT2D eigenvalue weighted by molar-refractivity contribution is 7.80. The number of nitrogens with zero attached hydrogens (tertiary/aromatic N) is 2. The SMILES string of the molecule is CC1(C(=S)Nc2ccc(C#N)c(C(F)(F)F)c2)CC(C=O)=NN1. The van der Waals surface area contributed by atoms with Gasteiger partial charge in [0.05, 0.1) is 17.2 Å². The predicted octanol–water partition coefficient (Wildman–Crippen LogP) is 2.62. The van der Waals surface area contributed by atoms with Crippen molar-refractivity contribution < 1.29 is 18.0 Å². The largest absolute Gasteiger partial charge is 0.417 e. The number of thiocarbonyl (C=S) groups is 1. The van der Waals surface area contributed by atoms with E-state index in [2.05, 4.69) is 15.8 Å². The van der Waals surface area contributed by atoms with Crippen molar-refractivity contribution in [3.63, 3.8) is 0 Å². The van der Waals surface area contributed by atoms with E-state index in [-0.39, 0.29) is 22.8 Å². The Kier molecular flexibility index (Phi) is 4.38. The molecule has 2 rings (SSSR count). The van der Waals surface area contributed by atoms with Crippen molar-refractivity contribution >= 4 is 34.9 Å². The van der Waals surface area contributed by atoms with Crippen molar-refractivity contribution in [2.45, 2.75) is 25.1 Å². The fraction of sp³-hybridized carbons (Fsp3) is 0.286. The van der Waals surface area contributed by atoms with E-state index in [1.807, 2.05) is 0 Å². The van der Waals surface area contributed by atoms with Crippen LogP contribution < -0.4 is 10.7 Å². The van der Waals surface area contributed by atoms with Crippen molar-refractivity contribution in [1.29, 1.82) is 5.26 Å². The molecule has 9 heteroatoms. The van der Waals surface area contributed by atoms with Crippen LogP contribution in [-0.2, 0) is 11.0 Å². The molecule has 0 radical (unpaired) electrons. The van der Waals surface area contributed by atoms with Crippen molar-refractivity contribution in [3.8, 4) is 6.07 Å². The maximum Gasteiger partial charge on any atom is 0.417 e. The van der Waals surface area contributed by atoms with Gasteiger partial charge in [-0.15, -0.1) is 0 Å². The maximum absolute atomic E-state index is 12.9. The molecule has 23 heavy (non-hydrogen) atoms. The Bertz CT molecular complexity index is 739. The molecule has 120 valence electrons. The highest BCUT2D eigenvalue weighted by Gasteiger charge is 2.37. The Morgan fingerprint density at radius 2 is 2.26 bits per heavy atom. The highest BCUT2D eigenvalue weighted by atomic mass is 32.1. The summed E-state index contributed by atoms with van der Waals surface area (Å²) >= 11 is 5.20. The zero-order chi connectivity index (χ0) is 17.3. The molecule has 0 fully saturated rings. The molecule has 0 saturated heterocycles. The van der Waals surface area contributed by atoms with E-state index in [0.29, 0.717) is 6.29 Å². The number of benzene rings is 1. The van der Waals surface area contributed by atoms with Gasteiger partial charge >= 0.3 is 6.18 Å². The predicted molar refractivity (Wildman–Crippen MR) is 82.0 cm³/mol. The lowest BCUT2D eigenvalue weighted by molar-refractivity contribution is -0.137. The minimum absolute atomic E-state index is 0.101. The molecule has 2 N–H and O–H groups in total. The smallest absolute Gasteiger partial charge is 0.348 e. The summed E-state index contributed by atoms with van der Waals surface area (Å²) in [5.41, 5.74) is 0.702. The van der Waals surface area contributed by atoms with Gasteiger partial charge in [-0.1, -0.05) is 12.2 Å². The lowest BCUT2D eigenvalue weighted by atomic mass is 9.97. The first kappa shape index (κ1) is 16.9. The first-order valence-corrected chi connectivity index (χ1v) is 6.82. The third kappa shape index (κ3) is 3.48. The molecule has 0 bridgehead atoms. The van der Waals surface area contributed by atoms with Crippen LogP contribution in [0.4, 0.5) is 18.9 Å². The molecule has 1 aromatic carbocycles. The number of nitrogens with one attached hydrogen (secondary N) is 2. The van der Waals surface area contributed by atoms with Gasteiger partial charge in [0.25, 0.3) is 0 Å². The number of carbonyl (C=O) groups is 1. The molecule has 1 unspecified atom stereocenters. The Labute approximate surface area is 135 Å². The van der Waals surface area contributed by atoms with Crippen molar-refractivity contribution in [2.75, 3.05) is 5.32 Å². The number of rotatable bonds is 3. The molecular weight excluding hydrogens is 329 g/mol. The molecule has 5 nitrogen and oxygen atoms in total. The van der Waals surface area contributed by atoms with Gasteiger partial charge < -0.3 is 5.32 Å². The second-order valence-electron chi connectivity index (χ2n) is 5.17. The van der Waals surface area contributed by atoms with Crippen LogP contribution in [-0.4, -0.2) is 22.5 Å². The Morgan fingerprint density at radius 1 is 1.57 bits per heavy atom. The first-order chi connectivity index (χ1) is 10.7. The molecule has 0 saturated carbocycles. The second-order valence-corrected chi connectivity index (χ2v) is 5.57. The average molecular weight is 340 g/mol. The lowest BCUT2D eigenvalue weighted by Gasteiger charge is -2.25. The summed E-state index contributed by atoms with van der Waals surface area (Å²) in [6, 6.07) is 4.74. The minimum atomic E-state index is -4.65. The second kappa shape index (κ2) is 5.96. The minimum Gasteiger partial charge on any atom is -0.348 e. The summed E-state index contributed by atoms with van der Waals surface area (Å²) in [5, 5.41) is 15.3. The number of alkyl halides is 3. The number of aldehydes is 1. The summed E-state index contributed by atoms with van der Waals surface area (Å²) in [6.45, 7) is 1.68. The molecule has 1 atom stereocenters. The summed E-state index contributed by atoms with van der Waals surface area (Å²) in [4.78, 5) is 10.9. The van der Waals surface area contributed by atoms with Crippen LogP contribution in [0.3, 0.4) is 0 Å². The van der Waals surface area contributed by atoms with Crippen LogP contribution in [0.5, 0.6) is 0 Å². The van der Waals surface area contributed by atoms with Crippen molar-refractivity contribution in [1.82, 2.24) is 5.43 Å². The molecule has 0 amide bonds. The van der Waals surface area contributed by atoms with E-state index in [9.17, 15) is 18.0 Å². The van der Waals surface area contributed by atoms with Gasteiger partial charge in [-0.2, -0.15) is 23.5 Å². The van der Waals surface area contributed by atoms with E-state index in [0.717, 1.165) is 12.1 Å². The van der Waals surface area contributed by atoms with E-state index >= 15 is 0 Å². The Morgan fingerprint density at radius 3 is 2.78 bits per heavy atom. The molecule has 1 aliphatic heterocycles. The van der Waals surface area contributed by atoms with Gasteiger partial charge in [0, 0.05) is 12.1 Å². The van der Waals surface area contributed by atoms with Crippen LogP contribution in [0.2, 0.25) is 0 Å². The van der Waals surface area contributed by atoms with Crippen molar-refractivity contribution in [2.24, 2.45) is 5.10 Å². The van der Waals surface area contributed by atoms with Gasteiger partial charge in [0.2, 0.25) is 0 Å². The van der Waals surface area contributed by atoms with Crippen LogP contribution in [0.15, 0.2) is 23.3 Å². The van der Waals surface area contributed by atoms with E-state index in [1.54, 1.807) is 6.92 Å². The van der Waals surface area contributed by atoms with E-state index in [4.69, 9.17) is 17.5 Å². The fourth-order valence-corrected chi connectivity index (χ4v) is 2.29. The van der Waals surface area contributed by atoms with Gasteiger partial charge in [-0.25, -0.2) is 0 Å². The number of hydrogen-bond acceptors (Lipinski definition) is 5. The van der Waals surface area contributed by atoms with Crippen molar-refractivity contribution in [3.05, 3.63) is 29.3 Å². The highest BCUT2D eigenvalue weighted by Crippen LogP contribution is 2.34. The standard InChI is InChI=1S/C14H11F3N4OS/c1-13(5-10(7-22)20-21-13)12(23)19-9-3-2-8(6-18)11(4-9)14(15,16)17/h2-4,7,21H,5H2,1H3,(H,19,23). The zero-order valence-electron chi connectivity index (χ0n) is 11.9. The monoisotopic (exact) mass is 340 g/mol. The van der Waals surface area contributed by atoms with E-state index < -0.39 is 22.8 Å². The fourth-order valence-electron chi connectivity index (χ4n) is 2.06. The van der Waals surface area contributed by atoms with Gasteiger partial charge in [0.15, 0.2) is 6.29 Å². The maximum atomic E-state index is 12.9. The molecular formula is C14H11F3N4OS. The van der Waals surface area contributed by atoms with E-state index in [1.165, 1.54) is 12.1 Å².